The molecule has 0 bridgehead atoms. The number of anilines is 2. The molecular weight excluding hydrogens is 360 g/mol. The first-order valence-corrected chi connectivity index (χ1v) is 7.89. The van der Waals surface area contributed by atoms with Crippen molar-refractivity contribution >= 4 is 29.3 Å². The molecule has 3 N–H and O–H groups in total. The summed E-state index contributed by atoms with van der Waals surface area (Å²) in [7, 11) is 1.62. The van der Waals surface area contributed by atoms with Crippen LogP contribution in [0.3, 0.4) is 0 Å². The summed E-state index contributed by atoms with van der Waals surface area (Å²) in [4.78, 5) is 24.3. The molecule has 0 spiro atoms. The summed E-state index contributed by atoms with van der Waals surface area (Å²) >= 11 is 6.02. The Labute approximate surface area is 153 Å². The van der Waals surface area contributed by atoms with Gasteiger partial charge in [0.25, 0.3) is 0 Å². The van der Waals surface area contributed by atoms with E-state index < -0.39 is 12.2 Å². The van der Waals surface area contributed by atoms with Crippen LogP contribution >= 0.6 is 11.6 Å². The second-order valence-corrected chi connectivity index (χ2v) is 5.65. The molecule has 1 amide bonds. The predicted octanol–water partition coefficient (Wildman–Crippen LogP) is 2.21. The third-order valence-electron chi connectivity index (χ3n) is 3.47. The molecular formula is C15H15ClN8O2. The van der Waals surface area contributed by atoms with E-state index in [0.717, 1.165) is 0 Å². The van der Waals surface area contributed by atoms with Gasteiger partial charge in [0.05, 0.1) is 12.4 Å². The van der Waals surface area contributed by atoms with Crippen molar-refractivity contribution in [1.82, 2.24) is 29.9 Å². The Morgan fingerprint density at radius 2 is 2.15 bits per heavy atom. The van der Waals surface area contributed by atoms with Crippen molar-refractivity contribution in [2.24, 2.45) is 7.05 Å². The summed E-state index contributed by atoms with van der Waals surface area (Å²) in [6.07, 6.45) is 3.08. The van der Waals surface area contributed by atoms with Gasteiger partial charge in [0, 0.05) is 18.8 Å². The molecule has 1 atom stereocenters. The Hall–Kier alpha value is -3.27. The van der Waals surface area contributed by atoms with Crippen LogP contribution < -0.4 is 11.1 Å². The highest BCUT2D eigenvalue weighted by atomic mass is 35.5. The van der Waals surface area contributed by atoms with Crippen molar-refractivity contribution in [1.29, 1.82) is 0 Å². The number of nitrogens with one attached hydrogen (secondary N) is 1. The third kappa shape index (κ3) is 3.70. The minimum atomic E-state index is -0.701. The number of hydrogen-bond donors (Lipinski definition) is 2. The van der Waals surface area contributed by atoms with Crippen LogP contribution in [0, 0.1) is 0 Å². The maximum Gasteiger partial charge on any atom is 0.413 e. The molecule has 26 heavy (non-hydrogen) atoms. The molecule has 0 aliphatic rings. The summed E-state index contributed by atoms with van der Waals surface area (Å²) < 4.78 is 6.74. The molecule has 0 saturated carbocycles. The van der Waals surface area contributed by atoms with Gasteiger partial charge in [-0.25, -0.2) is 24.4 Å². The molecule has 0 radical (unpaired) electrons. The summed E-state index contributed by atoms with van der Waals surface area (Å²) in [6.45, 7) is 1.69. The molecule has 0 fully saturated rings. The van der Waals surface area contributed by atoms with E-state index in [4.69, 9.17) is 22.1 Å². The summed E-state index contributed by atoms with van der Waals surface area (Å²) in [5.74, 6) is 0.576. The topological polar surface area (TPSA) is 134 Å². The van der Waals surface area contributed by atoms with E-state index in [9.17, 15) is 4.79 Å². The fourth-order valence-electron chi connectivity index (χ4n) is 2.18. The molecule has 10 nitrogen and oxygen atoms in total. The van der Waals surface area contributed by atoms with Crippen molar-refractivity contribution in [2.75, 3.05) is 11.1 Å². The van der Waals surface area contributed by atoms with Crippen LogP contribution in [0.25, 0.3) is 11.4 Å². The normalized spacial score (nSPS) is 11.8. The Morgan fingerprint density at radius 1 is 1.35 bits per heavy atom. The van der Waals surface area contributed by atoms with E-state index in [2.05, 4.69) is 30.6 Å². The molecule has 0 saturated heterocycles. The standard InChI is InChI=1S/C15H15ClN8O2/c1-8(9-4-3-5-18-13(9)16)26-15(25)21-14-12(22-23-24(14)2)10-6-20-11(17)7-19-10/h3-8H,1-2H3,(H2,17,20)(H,21,25)/t8-/m1/s1. The number of rotatable bonds is 4. The Balaban J connectivity index is 1.77. The minimum absolute atomic E-state index is 0.271. The SMILES string of the molecule is C[C@@H](OC(=O)Nc1c(-c2cnc(N)cn2)nnn1C)c1cccnc1Cl. The first kappa shape index (κ1) is 17.5. The van der Waals surface area contributed by atoms with Crippen LogP contribution in [0.2, 0.25) is 5.15 Å². The maximum atomic E-state index is 12.3. The number of carbonyl (C=O) groups is 1. The fourth-order valence-corrected chi connectivity index (χ4v) is 2.45. The highest BCUT2D eigenvalue weighted by Gasteiger charge is 2.20. The lowest BCUT2D eigenvalue weighted by molar-refractivity contribution is 0.121. The summed E-state index contributed by atoms with van der Waals surface area (Å²) in [5, 5.41) is 10.8. The number of aromatic nitrogens is 6. The second kappa shape index (κ2) is 7.31. The quantitative estimate of drug-likeness (QED) is 0.664. The zero-order chi connectivity index (χ0) is 18.7. The summed E-state index contributed by atoms with van der Waals surface area (Å²) in [6, 6.07) is 3.44. The van der Waals surface area contributed by atoms with Crippen molar-refractivity contribution < 1.29 is 9.53 Å². The minimum Gasteiger partial charge on any atom is -0.441 e. The second-order valence-electron chi connectivity index (χ2n) is 5.29. The van der Waals surface area contributed by atoms with Crippen LogP contribution in [0.4, 0.5) is 16.4 Å². The first-order valence-electron chi connectivity index (χ1n) is 7.51. The molecule has 3 aromatic heterocycles. The Kier molecular flexibility index (Phi) is 4.94. The van der Waals surface area contributed by atoms with E-state index in [0.29, 0.717) is 22.8 Å². The van der Waals surface area contributed by atoms with Gasteiger partial charge in [0.15, 0.2) is 11.5 Å². The van der Waals surface area contributed by atoms with E-state index in [1.807, 2.05) is 0 Å². The Bertz CT molecular complexity index is 928. The van der Waals surface area contributed by atoms with Gasteiger partial charge >= 0.3 is 6.09 Å². The van der Waals surface area contributed by atoms with Gasteiger partial charge < -0.3 is 10.5 Å². The summed E-state index contributed by atoms with van der Waals surface area (Å²) in [5.41, 5.74) is 6.87. The zero-order valence-corrected chi connectivity index (χ0v) is 14.7. The number of ether oxygens (including phenoxy) is 1. The van der Waals surface area contributed by atoms with Crippen molar-refractivity contribution in [3.05, 3.63) is 41.4 Å². The highest BCUT2D eigenvalue weighted by molar-refractivity contribution is 6.30. The van der Waals surface area contributed by atoms with Gasteiger partial charge in [-0.05, 0) is 13.0 Å². The molecule has 134 valence electrons. The monoisotopic (exact) mass is 374 g/mol. The Morgan fingerprint density at radius 3 is 2.85 bits per heavy atom. The van der Waals surface area contributed by atoms with Crippen LogP contribution in [0.15, 0.2) is 30.7 Å². The van der Waals surface area contributed by atoms with Crippen LogP contribution in [0.1, 0.15) is 18.6 Å². The number of carbonyl (C=O) groups excluding carboxylic acids is 1. The van der Waals surface area contributed by atoms with E-state index in [1.54, 1.807) is 32.3 Å². The predicted molar refractivity (Wildman–Crippen MR) is 94.2 cm³/mol. The zero-order valence-electron chi connectivity index (χ0n) is 13.9. The number of aryl methyl sites for hydroxylation is 1. The lowest BCUT2D eigenvalue weighted by Gasteiger charge is -2.15. The first-order chi connectivity index (χ1) is 12.5. The number of amides is 1. The van der Waals surface area contributed by atoms with Gasteiger partial charge in [0.2, 0.25) is 0 Å². The number of nitrogens with zero attached hydrogens (tertiary/aromatic N) is 6. The molecule has 3 rings (SSSR count). The molecule has 11 heteroatoms. The van der Waals surface area contributed by atoms with Gasteiger partial charge in [0.1, 0.15) is 22.8 Å². The molecule has 0 aliphatic heterocycles. The number of halogens is 1. The lowest BCUT2D eigenvalue weighted by Crippen LogP contribution is -2.18. The van der Waals surface area contributed by atoms with Gasteiger partial charge in [-0.15, -0.1) is 5.10 Å². The number of nitrogens with two attached hydrogens (primary N) is 1. The van der Waals surface area contributed by atoms with Gasteiger partial charge in [-0.1, -0.05) is 22.9 Å². The van der Waals surface area contributed by atoms with Gasteiger partial charge in [-0.2, -0.15) is 0 Å². The maximum absolute atomic E-state index is 12.3. The molecule has 3 heterocycles. The van der Waals surface area contributed by atoms with Crippen molar-refractivity contribution in [3.63, 3.8) is 0 Å². The number of pyridine rings is 1. The molecule has 0 unspecified atom stereocenters. The average molecular weight is 375 g/mol. The van der Waals surface area contributed by atoms with E-state index in [1.165, 1.54) is 17.1 Å². The average Bonchev–Trinajstić information content (AvgIpc) is 2.96. The number of nitrogen functional groups attached to an aromatic ring is 1. The van der Waals surface area contributed by atoms with Crippen LogP contribution in [-0.2, 0) is 11.8 Å². The lowest BCUT2D eigenvalue weighted by atomic mass is 10.2. The third-order valence-corrected chi connectivity index (χ3v) is 3.79. The van der Waals surface area contributed by atoms with E-state index >= 15 is 0 Å². The van der Waals surface area contributed by atoms with Crippen molar-refractivity contribution in [3.8, 4) is 11.4 Å². The van der Waals surface area contributed by atoms with Crippen LogP contribution in [0.5, 0.6) is 0 Å². The smallest absolute Gasteiger partial charge is 0.413 e. The molecule has 0 aromatic carbocycles. The van der Waals surface area contributed by atoms with E-state index in [-0.39, 0.29) is 11.0 Å². The molecule has 3 aromatic rings. The van der Waals surface area contributed by atoms with Crippen molar-refractivity contribution in [2.45, 2.75) is 13.0 Å². The highest BCUT2D eigenvalue weighted by Crippen LogP contribution is 2.26. The van der Waals surface area contributed by atoms with Crippen LogP contribution in [-0.4, -0.2) is 36.0 Å². The fraction of sp³-hybridized carbons (Fsp3) is 0.200. The largest absolute Gasteiger partial charge is 0.441 e. The molecule has 0 aliphatic carbocycles. The number of hydrogen-bond acceptors (Lipinski definition) is 8. The van der Waals surface area contributed by atoms with Gasteiger partial charge in [-0.3, -0.25) is 5.32 Å².